The van der Waals surface area contributed by atoms with Crippen LogP contribution in [0.2, 0.25) is 0 Å². The first-order valence-electron chi connectivity index (χ1n) is 9.10. The minimum atomic E-state index is -0.480. The van der Waals surface area contributed by atoms with Gasteiger partial charge in [-0.2, -0.15) is 15.0 Å². The Morgan fingerprint density at radius 1 is 0.923 bits per heavy atom. The van der Waals surface area contributed by atoms with Gasteiger partial charge >= 0.3 is 6.09 Å². The topological polar surface area (TPSA) is 83.9 Å². The Kier molecular flexibility index (Phi) is 5.45. The molecule has 2 aliphatic rings. The Morgan fingerprint density at radius 2 is 1.46 bits per heavy atom. The van der Waals surface area contributed by atoms with E-state index >= 15 is 0 Å². The highest BCUT2D eigenvalue weighted by Gasteiger charge is 2.27. The van der Waals surface area contributed by atoms with Crippen LogP contribution in [0.5, 0.6) is 0 Å². The van der Waals surface area contributed by atoms with Crippen LogP contribution in [0.3, 0.4) is 0 Å². The quantitative estimate of drug-likeness (QED) is 0.771. The number of carbonyl (C=O) groups excluding carboxylic acids is 1. The van der Waals surface area contributed by atoms with Crippen molar-refractivity contribution in [3.63, 3.8) is 0 Å². The van der Waals surface area contributed by atoms with E-state index in [1.807, 2.05) is 27.7 Å². The first-order chi connectivity index (χ1) is 12.3. The summed E-state index contributed by atoms with van der Waals surface area (Å²) in [6, 6.07) is 0. The van der Waals surface area contributed by atoms with Gasteiger partial charge in [-0.15, -0.1) is 0 Å². The molecule has 9 heteroatoms. The maximum atomic E-state index is 12.2. The van der Waals surface area contributed by atoms with Crippen molar-refractivity contribution >= 4 is 18.0 Å². The molecule has 0 radical (unpaired) electrons. The summed E-state index contributed by atoms with van der Waals surface area (Å²) >= 11 is 0. The molecule has 1 aromatic heterocycles. The number of piperazine rings is 1. The Labute approximate surface area is 154 Å². The molecule has 2 fully saturated rings. The van der Waals surface area contributed by atoms with Crippen LogP contribution in [-0.2, 0) is 9.47 Å². The fourth-order valence-corrected chi connectivity index (χ4v) is 2.92. The van der Waals surface area contributed by atoms with Gasteiger partial charge in [0.2, 0.25) is 11.9 Å². The Bertz CT molecular complexity index is 634. The number of hydrogen-bond donors (Lipinski definition) is 0. The number of ether oxygens (including phenoxy) is 2. The average molecular weight is 364 g/mol. The summed E-state index contributed by atoms with van der Waals surface area (Å²) < 4.78 is 10.8. The minimum absolute atomic E-state index is 0.266. The van der Waals surface area contributed by atoms with Crippen LogP contribution >= 0.6 is 0 Å². The monoisotopic (exact) mass is 364 g/mol. The number of anilines is 2. The molecule has 2 saturated heterocycles. The van der Waals surface area contributed by atoms with E-state index in [-0.39, 0.29) is 6.09 Å². The van der Waals surface area contributed by atoms with E-state index in [0.29, 0.717) is 57.1 Å². The molecule has 1 aromatic rings. The molecule has 3 rings (SSSR count). The lowest BCUT2D eigenvalue weighted by atomic mass is 10.2. The fraction of sp³-hybridized carbons (Fsp3) is 0.765. The fourth-order valence-electron chi connectivity index (χ4n) is 2.92. The predicted octanol–water partition coefficient (Wildman–Crippen LogP) is 1.07. The summed E-state index contributed by atoms with van der Waals surface area (Å²) in [5, 5.41) is 0. The smallest absolute Gasteiger partial charge is 0.410 e. The highest BCUT2D eigenvalue weighted by Crippen LogP contribution is 2.18. The molecule has 2 aliphatic heterocycles. The summed E-state index contributed by atoms with van der Waals surface area (Å²) in [5.74, 6) is 2.07. The molecule has 0 N–H and O–H groups in total. The number of nitrogens with zero attached hydrogens (tertiary/aromatic N) is 6. The molecule has 0 unspecified atom stereocenters. The summed E-state index contributed by atoms with van der Waals surface area (Å²) in [5.41, 5.74) is -0.480. The first kappa shape index (κ1) is 18.6. The maximum absolute atomic E-state index is 12.2. The molecular formula is C17H28N6O3. The Balaban J connectivity index is 1.64. The molecule has 0 spiro atoms. The number of aromatic nitrogens is 3. The number of amides is 1. The molecule has 3 heterocycles. The Morgan fingerprint density at radius 3 is 2.00 bits per heavy atom. The number of hydrogen-bond acceptors (Lipinski definition) is 8. The highest BCUT2D eigenvalue weighted by atomic mass is 16.6. The number of rotatable bonds is 2. The zero-order valence-corrected chi connectivity index (χ0v) is 16.1. The zero-order chi connectivity index (χ0) is 18.7. The van der Waals surface area contributed by atoms with Crippen LogP contribution < -0.4 is 9.80 Å². The van der Waals surface area contributed by atoms with Gasteiger partial charge in [-0.05, 0) is 27.7 Å². The third-order valence-electron chi connectivity index (χ3n) is 4.23. The highest BCUT2D eigenvalue weighted by molar-refractivity contribution is 5.68. The molecule has 0 bridgehead atoms. The summed E-state index contributed by atoms with van der Waals surface area (Å²) in [4.78, 5) is 31.8. The van der Waals surface area contributed by atoms with Crippen molar-refractivity contribution in [1.82, 2.24) is 19.9 Å². The van der Waals surface area contributed by atoms with E-state index in [2.05, 4.69) is 24.8 Å². The summed E-state index contributed by atoms with van der Waals surface area (Å²) in [7, 11) is 0. The van der Waals surface area contributed by atoms with Crippen LogP contribution in [0, 0.1) is 6.92 Å². The van der Waals surface area contributed by atoms with E-state index in [1.54, 1.807) is 4.90 Å². The van der Waals surface area contributed by atoms with Crippen molar-refractivity contribution in [3.8, 4) is 0 Å². The van der Waals surface area contributed by atoms with Crippen LogP contribution in [0.4, 0.5) is 16.7 Å². The molecule has 9 nitrogen and oxygen atoms in total. The van der Waals surface area contributed by atoms with Crippen molar-refractivity contribution in [2.75, 3.05) is 62.3 Å². The van der Waals surface area contributed by atoms with Gasteiger partial charge < -0.3 is 24.2 Å². The van der Waals surface area contributed by atoms with E-state index in [9.17, 15) is 4.79 Å². The second-order valence-electron chi connectivity index (χ2n) is 7.54. The van der Waals surface area contributed by atoms with Gasteiger partial charge in [0.15, 0.2) is 0 Å². The first-order valence-corrected chi connectivity index (χ1v) is 9.10. The van der Waals surface area contributed by atoms with Crippen molar-refractivity contribution in [2.45, 2.75) is 33.3 Å². The van der Waals surface area contributed by atoms with Gasteiger partial charge in [-0.25, -0.2) is 4.79 Å². The molecule has 26 heavy (non-hydrogen) atoms. The van der Waals surface area contributed by atoms with Crippen molar-refractivity contribution in [2.24, 2.45) is 0 Å². The molecule has 0 atom stereocenters. The summed E-state index contributed by atoms with van der Waals surface area (Å²) in [6.07, 6.45) is -0.266. The molecule has 0 aliphatic carbocycles. The Hall–Kier alpha value is -2.16. The van der Waals surface area contributed by atoms with Gasteiger partial charge in [0.1, 0.15) is 11.4 Å². The third kappa shape index (κ3) is 4.72. The second kappa shape index (κ2) is 7.61. The van der Waals surface area contributed by atoms with Gasteiger partial charge in [-0.3, -0.25) is 0 Å². The van der Waals surface area contributed by atoms with Gasteiger partial charge in [0.25, 0.3) is 0 Å². The normalized spacial score (nSPS) is 18.8. The lowest BCUT2D eigenvalue weighted by Crippen LogP contribution is -2.50. The summed E-state index contributed by atoms with van der Waals surface area (Å²) in [6.45, 7) is 13.0. The predicted molar refractivity (Wildman–Crippen MR) is 97.6 cm³/mol. The second-order valence-corrected chi connectivity index (χ2v) is 7.54. The minimum Gasteiger partial charge on any atom is -0.444 e. The van der Waals surface area contributed by atoms with Crippen LogP contribution in [0.15, 0.2) is 0 Å². The number of carbonyl (C=O) groups is 1. The van der Waals surface area contributed by atoms with E-state index in [4.69, 9.17) is 9.47 Å². The van der Waals surface area contributed by atoms with Gasteiger partial charge in [-0.1, -0.05) is 0 Å². The number of aryl methyl sites for hydroxylation is 1. The zero-order valence-electron chi connectivity index (χ0n) is 16.1. The molecule has 1 amide bonds. The molecular weight excluding hydrogens is 336 g/mol. The van der Waals surface area contributed by atoms with Crippen LogP contribution in [0.1, 0.15) is 26.6 Å². The number of morpholine rings is 1. The molecule has 0 saturated carbocycles. The van der Waals surface area contributed by atoms with Crippen molar-refractivity contribution in [1.29, 1.82) is 0 Å². The van der Waals surface area contributed by atoms with Crippen LogP contribution in [0.25, 0.3) is 0 Å². The maximum Gasteiger partial charge on any atom is 0.410 e. The third-order valence-corrected chi connectivity index (χ3v) is 4.23. The van der Waals surface area contributed by atoms with Gasteiger partial charge in [0.05, 0.1) is 13.2 Å². The van der Waals surface area contributed by atoms with Gasteiger partial charge in [0, 0.05) is 39.3 Å². The van der Waals surface area contributed by atoms with Crippen molar-refractivity contribution < 1.29 is 14.3 Å². The van der Waals surface area contributed by atoms with Crippen LogP contribution in [-0.4, -0.2) is 84.0 Å². The average Bonchev–Trinajstić information content (AvgIpc) is 2.61. The molecule has 0 aromatic carbocycles. The largest absolute Gasteiger partial charge is 0.444 e. The van der Waals surface area contributed by atoms with E-state index in [0.717, 1.165) is 13.1 Å². The standard InChI is InChI=1S/C17H28N6O3/c1-13-18-14(20-15(19-13)22-9-11-25-12-10-22)21-5-7-23(8-6-21)16(24)26-17(2,3)4/h5-12H2,1-4H3. The van der Waals surface area contributed by atoms with Crippen molar-refractivity contribution in [3.05, 3.63) is 5.82 Å². The SMILES string of the molecule is Cc1nc(N2CCOCC2)nc(N2CCN(C(=O)OC(C)(C)C)CC2)n1. The van der Waals surface area contributed by atoms with E-state index < -0.39 is 5.60 Å². The lowest BCUT2D eigenvalue weighted by molar-refractivity contribution is 0.0240. The molecule has 144 valence electrons. The lowest BCUT2D eigenvalue weighted by Gasteiger charge is -2.36. The van der Waals surface area contributed by atoms with E-state index in [1.165, 1.54) is 0 Å².